The van der Waals surface area contributed by atoms with Crippen LogP contribution in [0.5, 0.6) is 11.5 Å². The highest BCUT2D eigenvalue weighted by atomic mass is 16.5. The van der Waals surface area contributed by atoms with Gasteiger partial charge in [0.25, 0.3) is 0 Å². The van der Waals surface area contributed by atoms with E-state index in [1.54, 1.807) is 21.3 Å². The minimum Gasteiger partial charge on any atom is -0.493 e. The maximum atomic E-state index is 5.64. The van der Waals surface area contributed by atoms with E-state index >= 15 is 0 Å². The first-order valence-electron chi connectivity index (χ1n) is 9.56. The van der Waals surface area contributed by atoms with Crippen LogP contribution in [-0.4, -0.2) is 78.6 Å². The lowest BCUT2D eigenvalue weighted by Crippen LogP contribution is -2.41. The van der Waals surface area contributed by atoms with Crippen molar-refractivity contribution < 1.29 is 14.2 Å². The van der Waals surface area contributed by atoms with E-state index in [0.29, 0.717) is 6.61 Å². The van der Waals surface area contributed by atoms with Crippen LogP contribution in [0.2, 0.25) is 0 Å². The summed E-state index contributed by atoms with van der Waals surface area (Å²) >= 11 is 0. The average Bonchev–Trinajstić information content (AvgIpc) is 2.68. The third kappa shape index (κ3) is 9.49. The normalized spacial score (nSPS) is 11.6. The van der Waals surface area contributed by atoms with Crippen LogP contribution in [-0.2, 0) is 11.2 Å². The first kappa shape index (κ1) is 23.0. The second kappa shape index (κ2) is 14.1. The van der Waals surface area contributed by atoms with Gasteiger partial charge in [0.05, 0.1) is 20.3 Å². The van der Waals surface area contributed by atoms with Crippen molar-refractivity contribution >= 4 is 5.96 Å². The Kier molecular flexibility index (Phi) is 12.1. The van der Waals surface area contributed by atoms with Gasteiger partial charge >= 0.3 is 0 Å². The van der Waals surface area contributed by atoms with E-state index in [-0.39, 0.29) is 0 Å². The van der Waals surface area contributed by atoms with Crippen molar-refractivity contribution in [3.05, 3.63) is 23.8 Å². The van der Waals surface area contributed by atoms with E-state index in [9.17, 15) is 0 Å². The van der Waals surface area contributed by atoms with Crippen LogP contribution < -0.4 is 20.1 Å². The second-order valence-corrected chi connectivity index (χ2v) is 6.24. The lowest BCUT2D eigenvalue weighted by molar-refractivity contribution is 0.162. The molecule has 1 aromatic carbocycles. The van der Waals surface area contributed by atoms with Crippen LogP contribution in [0.3, 0.4) is 0 Å². The number of rotatable bonds is 13. The SMILES string of the molecule is CCOc1cc(CCCNC(=NC)NCCN(C)CCOC)ccc1OC. The zero-order valence-electron chi connectivity index (χ0n) is 17.5. The summed E-state index contributed by atoms with van der Waals surface area (Å²) in [6.45, 7) is 6.92. The summed E-state index contributed by atoms with van der Waals surface area (Å²) in [4.78, 5) is 6.49. The van der Waals surface area contributed by atoms with Gasteiger partial charge in [0.2, 0.25) is 0 Å². The van der Waals surface area contributed by atoms with Crippen LogP contribution >= 0.6 is 0 Å². The van der Waals surface area contributed by atoms with E-state index in [0.717, 1.165) is 63.1 Å². The molecule has 1 aromatic rings. The summed E-state index contributed by atoms with van der Waals surface area (Å²) in [5, 5.41) is 6.69. The summed E-state index contributed by atoms with van der Waals surface area (Å²) in [7, 11) is 7.26. The van der Waals surface area contributed by atoms with Gasteiger partial charge in [-0.05, 0) is 44.5 Å². The van der Waals surface area contributed by atoms with Gasteiger partial charge < -0.3 is 29.7 Å². The highest BCUT2D eigenvalue weighted by molar-refractivity contribution is 5.79. The van der Waals surface area contributed by atoms with Crippen molar-refractivity contribution in [2.24, 2.45) is 4.99 Å². The number of hydrogen-bond donors (Lipinski definition) is 2. The number of benzene rings is 1. The summed E-state index contributed by atoms with van der Waals surface area (Å²) in [6, 6.07) is 6.11. The summed E-state index contributed by atoms with van der Waals surface area (Å²) in [6.07, 6.45) is 1.97. The lowest BCUT2D eigenvalue weighted by atomic mass is 10.1. The van der Waals surface area contributed by atoms with Gasteiger partial charge in [-0.1, -0.05) is 6.07 Å². The van der Waals surface area contributed by atoms with Crippen molar-refractivity contribution in [1.29, 1.82) is 0 Å². The molecule has 0 atom stereocenters. The fourth-order valence-corrected chi connectivity index (χ4v) is 2.59. The van der Waals surface area contributed by atoms with E-state index in [4.69, 9.17) is 14.2 Å². The van der Waals surface area contributed by atoms with Gasteiger partial charge in [0.1, 0.15) is 0 Å². The number of guanidine groups is 1. The predicted molar refractivity (Wildman–Crippen MR) is 111 cm³/mol. The van der Waals surface area contributed by atoms with Gasteiger partial charge in [0, 0.05) is 40.3 Å². The average molecular weight is 381 g/mol. The smallest absolute Gasteiger partial charge is 0.191 e. The van der Waals surface area contributed by atoms with Crippen molar-refractivity contribution in [1.82, 2.24) is 15.5 Å². The van der Waals surface area contributed by atoms with E-state index in [1.807, 2.05) is 13.0 Å². The van der Waals surface area contributed by atoms with Gasteiger partial charge in [0.15, 0.2) is 17.5 Å². The third-order valence-corrected chi connectivity index (χ3v) is 4.15. The minimum atomic E-state index is 0.629. The maximum absolute atomic E-state index is 5.64. The molecule has 0 saturated heterocycles. The highest BCUT2D eigenvalue weighted by Gasteiger charge is 2.05. The molecule has 0 amide bonds. The molecule has 7 heteroatoms. The molecule has 0 fully saturated rings. The monoisotopic (exact) mass is 380 g/mol. The van der Waals surface area contributed by atoms with Gasteiger partial charge in [-0.2, -0.15) is 0 Å². The number of hydrogen-bond acceptors (Lipinski definition) is 5. The molecule has 0 spiro atoms. The molecular formula is C20H36N4O3. The first-order valence-corrected chi connectivity index (χ1v) is 9.56. The van der Waals surface area contributed by atoms with E-state index < -0.39 is 0 Å². The molecule has 2 N–H and O–H groups in total. The fourth-order valence-electron chi connectivity index (χ4n) is 2.59. The number of likely N-dealkylation sites (N-methyl/N-ethyl adjacent to an activating group) is 1. The number of aliphatic imine (C=N–C) groups is 1. The molecule has 0 heterocycles. The van der Waals surface area contributed by atoms with Crippen LogP contribution in [0.1, 0.15) is 18.9 Å². The van der Waals surface area contributed by atoms with Crippen molar-refractivity contribution in [2.45, 2.75) is 19.8 Å². The number of ether oxygens (including phenoxy) is 3. The van der Waals surface area contributed by atoms with Crippen LogP contribution in [0.4, 0.5) is 0 Å². The third-order valence-electron chi connectivity index (χ3n) is 4.15. The molecule has 7 nitrogen and oxygen atoms in total. The molecule has 0 radical (unpaired) electrons. The lowest BCUT2D eigenvalue weighted by Gasteiger charge is -2.17. The number of nitrogens with zero attached hydrogens (tertiary/aromatic N) is 2. The Hall–Kier alpha value is -1.99. The fraction of sp³-hybridized carbons (Fsp3) is 0.650. The largest absolute Gasteiger partial charge is 0.493 e. The zero-order valence-corrected chi connectivity index (χ0v) is 17.5. The Bertz CT molecular complexity index is 552. The van der Waals surface area contributed by atoms with Gasteiger partial charge in [-0.25, -0.2) is 0 Å². The topological polar surface area (TPSA) is 67.4 Å². The predicted octanol–water partition coefficient (Wildman–Crippen LogP) is 1.77. The first-order chi connectivity index (χ1) is 13.1. The Balaban J connectivity index is 2.30. The molecule has 0 saturated carbocycles. The molecule has 0 bridgehead atoms. The molecule has 0 aliphatic rings. The van der Waals surface area contributed by atoms with Crippen molar-refractivity contribution in [2.75, 3.05) is 67.7 Å². The molecule has 0 aliphatic carbocycles. The number of nitrogens with one attached hydrogen (secondary N) is 2. The second-order valence-electron chi connectivity index (χ2n) is 6.24. The van der Waals surface area contributed by atoms with Gasteiger partial charge in [-0.15, -0.1) is 0 Å². The van der Waals surface area contributed by atoms with E-state index in [1.165, 1.54) is 5.56 Å². The standard InChI is InChI=1S/C20H36N4O3/c1-6-27-19-16-17(9-10-18(19)26-5)8-7-11-22-20(21-2)23-12-13-24(3)14-15-25-4/h9-10,16H,6-8,11-15H2,1-5H3,(H2,21,22,23). The summed E-state index contributed by atoms with van der Waals surface area (Å²) in [5.74, 6) is 2.42. The Morgan fingerprint density at radius 3 is 2.56 bits per heavy atom. The molecule has 1 rings (SSSR count). The van der Waals surface area contributed by atoms with Gasteiger partial charge in [-0.3, -0.25) is 4.99 Å². The van der Waals surface area contributed by atoms with Crippen molar-refractivity contribution in [3.63, 3.8) is 0 Å². The van der Waals surface area contributed by atoms with Crippen LogP contribution in [0.15, 0.2) is 23.2 Å². The zero-order chi connectivity index (χ0) is 19.9. The Morgan fingerprint density at radius 1 is 1.11 bits per heavy atom. The van der Waals surface area contributed by atoms with Crippen molar-refractivity contribution in [3.8, 4) is 11.5 Å². The van der Waals surface area contributed by atoms with Crippen LogP contribution in [0.25, 0.3) is 0 Å². The quantitative estimate of drug-likeness (QED) is 0.309. The highest BCUT2D eigenvalue weighted by Crippen LogP contribution is 2.28. The Morgan fingerprint density at radius 2 is 1.89 bits per heavy atom. The van der Waals surface area contributed by atoms with Crippen LogP contribution in [0, 0.1) is 0 Å². The molecule has 0 aromatic heterocycles. The molecule has 154 valence electrons. The Labute approximate surface area is 164 Å². The maximum Gasteiger partial charge on any atom is 0.191 e. The summed E-state index contributed by atoms with van der Waals surface area (Å²) < 4.78 is 16.0. The minimum absolute atomic E-state index is 0.629. The molecular weight excluding hydrogens is 344 g/mol. The number of aryl methyl sites for hydroxylation is 1. The molecule has 0 unspecified atom stereocenters. The van der Waals surface area contributed by atoms with E-state index in [2.05, 4.69) is 39.7 Å². The summed E-state index contributed by atoms with van der Waals surface area (Å²) in [5.41, 5.74) is 1.24. The number of methoxy groups -OCH3 is 2. The molecule has 27 heavy (non-hydrogen) atoms. The molecule has 0 aliphatic heterocycles.